The Balaban J connectivity index is 1.85. The zero-order valence-electron chi connectivity index (χ0n) is 8.13. The van der Waals surface area contributed by atoms with Crippen LogP contribution in [-0.2, 0) is 0 Å². The summed E-state index contributed by atoms with van der Waals surface area (Å²) in [5.41, 5.74) is 0. The summed E-state index contributed by atoms with van der Waals surface area (Å²) in [6.07, 6.45) is 7.92. The van der Waals surface area contributed by atoms with E-state index in [1.807, 2.05) is 0 Å². The van der Waals surface area contributed by atoms with Gasteiger partial charge >= 0.3 is 0 Å². The van der Waals surface area contributed by atoms with Crippen molar-refractivity contribution in [1.29, 1.82) is 0 Å². The average molecular weight is 162 g/mol. The molecule has 0 nitrogen and oxygen atoms in total. The maximum absolute atomic E-state index is 3.80. The van der Waals surface area contributed by atoms with Crippen molar-refractivity contribution >= 4 is 7.28 Å². The van der Waals surface area contributed by atoms with E-state index in [0.29, 0.717) is 0 Å². The van der Waals surface area contributed by atoms with Gasteiger partial charge in [-0.15, -0.1) is 6.58 Å². The van der Waals surface area contributed by atoms with Gasteiger partial charge in [0.05, 0.1) is 0 Å². The number of allylic oxidation sites excluding steroid dienone is 1. The van der Waals surface area contributed by atoms with Crippen LogP contribution in [0.1, 0.15) is 26.2 Å². The zero-order valence-corrected chi connectivity index (χ0v) is 8.13. The van der Waals surface area contributed by atoms with E-state index in [0.717, 1.165) is 23.6 Å². The van der Waals surface area contributed by atoms with E-state index in [-0.39, 0.29) is 0 Å². The average Bonchev–Trinajstić information content (AvgIpc) is 2.00. The first-order valence-corrected chi connectivity index (χ1v) is 5.42. The molecule has 3 rings (SSSR count). The van der Waals surface area contributed by atoms with Gasteiger partial charge in [0.1, 0.15) is 7.28 Å². The van der Waals surface area contributed by atoms with E-state index in [1.54, 1.807) is 12.8 Å². The molecule has 2 bridgehead atoms. The van der Waals surface area contributed by atoms with Crippen LogP contribution in [-0.4, -0.2) is 7.28 Å². The Morgan fingerprint density at radius 1 is 1.42 bits per heavy atom. The molecule has 3 saturated carbocycles. The minimum atomic E-state index is 1.01. The molecular weight excluding hydrogens is 143 g/mol. The molecule has 1 unspecified atom stereocenters. The molecule has 12 heavy (non-hydrogen) atoms. The summed E-state index contributed by atoms with van der Waals surface area (Å²) in [5, 5.41) is 0. The third-order valence-electron chi connectivity index (χ3n) is 4.14. The molecule has 66 valence electrons. The van der Waals surface area contributed by atoms with Gasteiger partial charge in [-0.05, 0) is 30.6 Å². The predicted molar refractivity (Wildman–Crippen MR) is 55.9 cm³/mol. The highest BCUT2D eigenvalue weighted by molar-refractivity contribution is 6.38. The first kappa shape index (κ1) is 8.41. The Morgan fingerprint density at radius 3 is 2.75 bits per heavy atom. The molecule has 0 radical (unpaired) electrons. The maximum atomic E-state index is 3.80. The van der Waals surface area contributed by atoms with Crippen molar-refractivity contribution < 1.29 is 0 Å². The fourth-order valence-corrected chi connectivity index (χ4v) is 3.15. The van der Waals surface area contributed by atoms with Crippen LogP contribution in [0.25, 0.3) is 0 Å². The second-order valence-corrected chi connectivity index (χ2v) is 4.82. The molecule has 1 heteroatoms. The molecular formula is C11H19B. The van der Waals surface area contributed by atoms with Crippen molar-refractivity contribution in [2.45, 2.75) is 38.3 Å². The topological polar surface area (TPSA) is 0 Å². The lowest BCUT2D eigenvalue weighted by molar-refractivity contribution is 0.0599. The summed E-state index contributed by atoms with van der Waals surface area (Å²) in [5.74, 6) is 4.25. The van der Waals surface area contributed by atoms with Crippen molar-refractivity contribution in [2.24, 2.45) is 17.8 Å². The predicted octanol–water partition coefficient (Wildman–Crippen LogP) is 2.88. The van der Waals surface area contributed by atoms with Crippen LogP contribution >= 0.6 is 0 Å². The minimum absolute atomic E-state index is 1.01. The smallest absolute Gasteiger partial charge is 0.104 e. The lowest BCUT2D eigenvalue weighted by Gasteiger charge is -2.50. The summed E-state index contributed by atoms with van der Waals surface area (Å²) in [6.45, 7) is 6.27. The fourth-order valence-electron chi connectivity index (χ4n) is 3.15. The minimum Gasteiger partial charge on any atom is -0.104 e. The Labute approximate surface area is 76.7 Å². The molecule has 0 N–H and O–H groups in total. The molecule has 0 spiro atoms. The number of rotatable bonds is 3. The first-order valence-electron chi connectivity index (χ1n) is 5.42. The van der Waals surface area contributed by atoms with Gasteiger partial charge in [0.2, 0.25) is 0 Å². The Bertz CT molecular complexity index is 170. The van der Waals surface area contributed by atoms with E-state index >= 15 is 0 Å². The Kier molecular flexibility index (Phi) is 2.30. The molecule has 0 aromatic rings. The van der Waals surface area contributed by atoms with E-state index in [4.69, 9.17) is 0 Å². The van der Waals surface area contributed by atoms with Gasteiger partial charge in [0.25, 0.3) is 0 Å². The van der Waals surface area contributed by atoms with Gasteiger partial charge in [-0.1, -0.05) is 31.6 Å². The van der Waals surface area contributed by atoms with Crippen LogP contribution in [0.3, 0.4) is 0 Å². The number of fused-ring (bicyclic) bond motifs is 2. The van der Waals surface area contributed by atoms with Crippen molar-refractivity contribution in [1.82, 2.24) is 0 Å². The molecule has 0 heterocycles. The third-order valence-corrected chi connectivity index (χ3v) is 4.14. The van der Waals surface area contributed by atoms with Gasteiger partial charge in [-0.2, -0.15) is 0 Å². The van der Waals surface area contributed by atoms with E-state index in [1.165, 1.54) is 20.0 Å². The summed E-state index contributed by atoms with van der Waals surface area (Å²) in [4.78, 5) is 0. The first-order chi connectivity index (χ1) is 5.81. The Hall–Kier alpha value is -0.195. The SMILES string of the molecule is C=CCB[C@H]1C[C@H]2C[C@H](C2)C1C. The summed E-state index contributed by atoms with van der Waals surface area (Å²) >= 11 is 0. The van der Waals surface area contributed by atoms with Gasteiger partial charge in [-0.25, -0.2) is 0 Å². The number of hydrogen-bond acceptors (Lipinski definition) is 0. The van der Waals surface area contributed by atoms with Crippen molar-refractivity contribution in [3.05, 3.63) is 12.7 Å². The molecule has 0 aromatic carbocycles. The van der Waals surface area contributed by atoms with Crippen molar-refractivity contribution in [3.8, 4) is 0 Å². The number of hydrogen-bond donors (Lipinski definition) is 0. The summed E-state index contributed by atoms with van der Waals surface area (Å²) in [7, 11) is 1.40. The normalized spacial score (nSPS) is 44.8. The third kappa shape index (κ3) is 1.34. The molecule has 2 atom stereocenters. The van der Waals surface area contributed by atoms with Crippen LogP contribution < -0.4 is 0 Å². The zero-order chi connectivity index (χ0) is 8.55. The lowest BCUT2D eigenvalue weighted by Crippen LogP contribution is -2.39. The van der Waals surface area contributed by atoms with Crippen LogP contribution in [0.4, 0.5) is 0 Å². The summed E-state index contributed by atoms with van der Waals surface area (Å²) in [6, 6.07) is 0. The van der Waals surface area contributed by atoms with Crippen LogP contribution in [0.2, 0.25) is 12.1 Å². The monoisotopic (exact) mass is 162 g/mol. The van der Waals surface area contributed by atoms with Crippen molar-refractivity contribution in [3.63, 3.8) is 0 Å². The second-order valence-electron chi connectivity index (χ2n) is 4.82. The van der Waals surface area contributed by atoms with Gasteiger partial charge in [-0.3, -0.25) is 0 Å². The van der Waals surface area contributed by atoms with Gasteiger partial charge in [0.15, 0.2) is 0 Å². The van der Waals surface area contributed by atoms with Crippen LogP contribution in [0.5, 0.6) is 0 Å². The fraction of sp³-hybridized carbons (Fsp3) is 0.818. The molecule has 3 aliphatic carbocycles. The largest absolute Gasteiger partial charge is 0.128 e. The maximum Gasteiger partial charge on any atom is 0.128 e. The highest BCUT2D eigenvalue weighted by atomic mass is 14.5. The molecule has 0 aromatic heterocycles. The Morgan fingerprint density at radius 2 is 2.17 bits per heavy atom. The lowest BCUT2D eigenvalue weighted by atomic mass is 9.44. The standard InChI is InChI=1S/C11H19B/c1-3-4-12-11-7-9-5-10(6-9)8(11)2/h3,8-12H,1,4-7H2,2H3/t8?,9-,10+,11-/m0/s1. The molecule has 3 fully saturated rings. The molecule has 0 saturated heterocycles. The van der Waals surface area contributed by atoms with Crippen LogP contribution in [0, 0.1) is 17.8 Å². The molecule has 0 amide bonds. The van der Waals surface area contributed by atoms with Gasteiger partial charge < -0.3 is 0 Å². The highest BCUT2D eigenvalue weighted by Gasteiger charge is 2.42. The second kappa shape index (κ2) is 3.28. The quantitative estimate of drug-likeness (QED) is 0.442. The van der Waals surface area contributed by atoms with Crippen molar-refractivity contribution in [2.75, 3.05) is 0 Å². The van der Waals surface area contributed by atoms with Crippen LogP contribution in [0.15, 0.2) is 12.7 Å². The molecule has 0 aliphatic heterocycles. The highest BCUT2D eigenvalue weighted by Crippen LogP contribution is 2.53. The van der Waals surface area contributed by atoms with Gasteiger partial charge in [0, 0.05) is 0 Å². The summed E-state index contributed by atoms with van der Waals surface area (Å²) < 4.78 is 0. The molecule has 3 aliphatic rings. The van der Waals surface area contributed by atoms with E-state index < -0.39 is 0 Å². The van der Waals surface area contributed by atoms with E-state index in [2.05, 4.69) is 19.6 Å². The van der Waals surface area contributed by atoms with E-state index in [9.17, 15) is 0 Å².